The Hall–Kier alpha value is -3.42. The number of nitrogens with zero attached hydrogens (tertiary/aromatic N) is 1. The number of rotatable bonds is 4. The Labute approximate surface area is 157 Å². The van der Waals surface area contributed by atoms with Crippen LogP contribution in [0.1, 0.15) is 15.9 Å². The van der Waals surface area contributed by atoms with Gasteiger partial charge in [0.15, 0.2) is 0 Å². The highest BCUT2D eigenvalue weighted by Crippen LogP contribution is 2.31. The number of carbonyl (C=O) groups excluding carboxylic acids is 1. The maximum atomic E-state index is 14.5. The fourth-order valence-corrected chi connectivity index (χ4v) is 2.55. The van der Waals surface area contributed by atoms with Crippen molar-refractivity contribution < 1.29 is 27.1 Å². The normalized spacial score (nSPS) is 11.2. The van der Waals surface area contributed by atoms with Crippen LogP contribution in [0.2, 0.25) is 0 Å². The molecule has 2 aromatic carbocycles. The molecule has 1 amide bonds. The van der Waals surface area contributed by atoms with Crippen LogP contribution < -0.4 is 10.1 Å². The zero-order valence-electron chi connectivity index (χ0n) is 14.5. The Balaban J connectivity index is 1.81. The molecule has 1 aromatic heterocycles. The van der Waals surface area contributed by atoms with Gasteiger partial charge in [0.05, 0.1) is 12.7 Å². The average molecular weight is 390 g/mol. The summed E-state index contributed by atoms with van der Waals surface area (Å²) in [5, 5.41) is 2.43. The van der Waals surface area contributed by atoms with Gasteiger partial charge >= 0.3 is 6.18 Å². The predicted octanol–water partition coefficient (Wildman–Crippen LogP) is 5.17. The first-order valence-electron chi connectivity index (χ1n) is 8.07. The van der Waals surface area contributed by atoms with E-state index in [-0.39, 0.29) is 22.5 Å². The first-order valence-corrected chi connectivity index (χ1v) is 8.07. The summed E-state index contributed by atoms with van der Waals surface area (Å²) in [6.07, 6.45) is -2.98. The number of hydrogen-bond donors (Lipinski definition) is 1. The molecule has 4 nitrogen and oxygen atoms in total. The summed E-state index contributed by atoms with van der Waals surface area (Å²) in [7, 11) is 1.43. The van der Waals surface area contributed by atoms with Crippen molar-refractivity contribution in [1.29, 1.82) is 0 Å². The van der Waals surface area contributed by atoms with Gasteiger partial charge in [-0.15, -0.1) is 0 Å². The van der Waals surface area contributed by atoms with E-state index in [1.54, 1.807) is 12.1 Å². The van der Waals surface area contributed by atoms with Crippen LogP contribution in [0.3, 0.4) is 0 Å². The number of amides is 1. The quantitative estimate of drug-likeness (QED) is 0.626. The third kappa shape index (κ3) is 4.11. The molecule has 1 heterocycles. The number of pyridine rings is 1. The molecule has 0 atom stereocenters. The largest absolute Gasteiger partial charge is 0.494 e. The highest BCUT2D eigenvalue weighted by molar-refractivity contribution is 6.04. The van der Waals surface area contributed by atoms with Gasteiger partial charge in [0.25, 0.3) is 5.91 Å². The maximum absolute atomic E-state index is 14.5. The molecule has 8 heteroatoms. The summed E-state index contributed by atoms with van der Waals surface area (Å²) >= 11 is 0. The van der Waals surface area contributed by atoms with Crippen LogP contribution >= 0.6 is 0 Å². The minimum atomic E-state index is -4.46. The number of hydrogen-bond acceptors (Lipinski definition) is 3. The second kappa shape index (κ2) is 7.67. The summed E-state index contributed by atoms with van der Waals surface area (Å²) in [6, 6.07) is 11.1. The Bertz CT molecular complexity index is 1000. The van der Waals surface area contributed by atoms with Gasteiger partial charge in [-0.3, -0.25) is 9.78 Å². The van der Waals surface area contributed by atoms with Crippen LogP contribution in [0.4, 0.5) is 23.2 Å². The third-order valence-corrected chi connectivity index (χ3v) is 3.95. The number of nitrogens with one attached hydrogen (secondary N) is 1. The van der Waals surface area contributed by atoms with Gasteiger partial charge in [-0.1, -0.05) is 0 Å². The van der Waals surface area contributed by atoms with Crippen LogP contribution in [0.5, 0.6) is 5.75 Å². The maximum Gasteiger partial charge on any atom is 0.416 e. The molecule has 1 N–H and O–H groups in total. The predicted molar refractivity (Wildman–Crippen MR) is 95.6 cm³/mol. The van der Waals surface area contributed by atoms with E-state index in [1.165, 1.54) is 25.4 Å². The van der Waals surface area contributed by atoms with Crippen molar-refractivity contribution in [3.05, 3.63) is 77.7 Å². The SMILES string of the molecule is COc1cccnc1-c1ccc(C(=O)Nc2ccc(C(F)(F)F)cc2)cc1F. The number of ether oxygens (including phenoxy) is 1. The number of anilines is 1. The minimum Gasteiger partial charge on any atom is -0.494 e. The van der Waals surface area contributed by atoms with Gasteiger partial charge in [0, 0.05) is 23.0 Å². The van der Waals surface area contributed by atoms with E-state index in [4.69, 9.17) is 4.74 Å². The summed E-state index contributed by atoms with van der Waals surface area (Å²) in [6.45, 7) is 0. The van der Waals surface area contributed by atoms with Crippen molar-refractivity contribution >= 4 is 11.6 Å². The molecule has 0 fully saturated rings. The number of benzene rings is 2. The molecule has 0 bridgehead atoms. The second-order valence-electron chi connectivity index (χ2n) is 5.78. The lowest BCUT2D eigenvalue weighted by Gasteiger charge is -2.11. The molecule has 0 unspecified atom stereocenters. The Kier molecular flexibility index (Phi) is 5.30. The summed E-state index contributed by atoms with van der Waals surface area (Å²) in [5.41, 5.74) is -0.212. The first-order chi connectivity index (χ1) is 13.3. The van der Waals surface area contributed by atoms with Crippen molar-refractivity contribution in [2.75, 3.05) is 12.4 Å². The number of halogens is 4. The standard InChI is InChI=1S/C20H14F4N2O2/c1-28-17-3-2-10-25-18(17)15-9-4-12(11-16(15)21)19(27)26-14-7-5-13(6-8-14)20(22,23)24/h2-11H,1H3,(H,26,27). The van der Waals surface area contributed by atoms with E-state index in [0.717, 1.165) is 30.3 Å². The van der Waals surface area contributed by atoms with Gasteiger partial charge in [-0.05, 0) is 54.6 Å². The Morgan fingerprint density at radius 2 is 1.79 bits per heavy atom. The van der Waals surface area contributed by atoms with E-state index in [9.17, 15) is 22.4 Å². The lowest BCUT2D eigenvalue weighted by Crippen LogP contribution is -2.13. The molecule has 28 heavy (non-hydrogen) atoms. The molecule has 0 aliphatic carbocycles. The van der Waals surface area contributed by atoms with Crippen molar-refractivity contribution in [2.24, 2.45) is 0 Å². The third-order valence-electron chi connectivity index (χ3n) is 3.95. The Morgan fingerprint density at radius 1 is 1.07 bits per heavy atom. The fraction of sp³-hybridized carbons (Fsp3) is 0.100. The van der Waals surface area contributed by atoms with Crippen LogP contribution in [-0.4, -0.2) is 18.0 Å². The van der Waals surface area contributed by atoms with E-state index >= 15 is 0 Å². The van der Waals surface area contributed by atoms with E-state index in [2.05, 4.69) is 10.3 Å². The van der Waals surface area contributed by atoms with Crippen LogP contribution in [-0.2, 0) is 6.18 Å². The number of carbonyl (C=O) groups is 1. The molecule has 0 aliphatic heterocycles. The molecule has 3 rings (SSSR count). The molecular weight excluding hydrogens is 376 g/mol. The molecular formula is C20H14F4N2O2. The second-order valence-corrected chi connectivity index (χ2v) is 5.78. The van der Waals surface area contributed by atoms with Crippen LogP contribution in [0, 0.1) is 5.82 Å². The van der Waals surface area contributed by atoms with Crippen molar-refractivity contribution in [3.63, 3.8) is 0 Å². The average Bonchev–Trinajstić information content (AvgIpc) is 2.67. The highest BCUT2D eigenvalue weighted by Gasteiger charge is 2.30. The smallest absolute Gasteiger partial charge is 0.416 e. The first kappa shape index (κ1) is 19.3. The molecule has 0 saturated carbocycles. The van der Waals surface area contributed by atoms with Crippen molar-refractivity contribution in [2.45, 2.75) is 6.18 Å². The molecule has 144 valence electrons. The van der Waals surface area contributed by atoms with Gasteiger partial charge < -0.3 is 10.1 Å². The van der Waals surface area contributed by atoms with Crippen LogP contribution in [0.25, 0.3) is 11.3 Å². The number of methoxy groups -OCH3 is 1. The van der Waals surface area contributed by atoms with Crippen molar-refractivity contribution in [3.8, 4) is 17.0 Å². The summed E-state index contributed by atoms with van der Waals surface area (Å²) < 4.78 is 57.4. The molecule has 3 aromatic rings. The lowest BCUT2D eigenvalue weighted by molar-refractivity contribution is -0.137. The topological polar surface area (TPSA) is 51.2 Å². The van der Waals surface area contributed by atoms with Crippen molar-refractivity contribution in [1.82, 2.24) is 4.98 Å². The summed E-state index contributed by atoms with van der Waals surface area (Å²) in [4.78, 5) is 16.4. The van der Waals surface area contributed by atoms with E-state index in [1.807, 2.05) is 0 Å². The molecule has 0 radical (unpaired) electrons. The van der Waals surface area contributed by atoms with Gasteiger partial charge in [0.1, 0.15) is 17.3 Å². The highest BCUT2D eigenvalue weighted by atomic mass is 19.4. The number of aromatic nitrogens is 1. The Morgan fingerprint density at radius 3 is 2.39 bits per heavy atom. The van der Waals surface area contributed by atoms with Gasteiger partial charge in [-0.25, -0.2) is 4.39 Å². The molecule has 0 saturated heterocycles. The van der Waals surface area contributed by atoms with Crippen LogP contribution in [0.15, 0.2) is 60.8 Å². The van der Waals surface area contributed by atoms with E-state index in [0.29, 0.717) is 5.75 Å². The summed E-state index contributed by atoms with van der Waals surface area (Å²) in [5.74, 6) is -0.960. The molecule has 0 aliphatic rings. The van der Waals surface area contributed by atoms with Gasteiger partial charge in [0.2, 0.25) is 0 Å². The zero-order valence-corrected chi connectivity index (χ0v) is 14.5. The van der Waals surface area contributed by atoms with Gasteiger partial charge in [-0.2, -0.15) is 13.2 Å². The lowest BCUT2D eigenvalue weighted by atomic mass is 10.1. The zero-order chi connectivity index (χ0) is 20.3. The molecule has 0 spiro atoms. The fourth-order valence-electron chi connectivity index (χ4n) is 2.55. The number of alkyl halides is 3. The monoisotopic (exact) mass is 390 g/mol. The minimum absolute atomic E-state index is 0.0102. The van der Waals surface area contributed by atoms with E-state index < -0.39 is 23.5 Å².